The highest BCUT2D eigenvalue weighted by molar-refractivity contribution is 7.88. The summed E-state index contributed by atoms with van der Waals surface area (Å²) in [7, 11) is -1.44. The molecule has 5 N–H and O–H groups in total. The van der Waals surface area contributed by atoms with Crippen LogP contribution in [0.5, 0.6) is 0 Å². The first kappa shape index (κ1) is 13.5. The molecule has 0 aliphatic rings. The molecular formula is C8H16N6O2S. The van der Waals surface area contributed by atoms with Gasteiger partial charge >= 0.3 is 0 Å². The van der Waals surface area contributed by atoms with Crippen LogP contribution in [0.15, 0.2) is 6.07 Å². The van der Waals surface area contributed by atoms with Crippen molar-refractivity contribution in [3.8, 4) is 0 Å². The highest BCUT2D eigenvalue weighted by atomic mass is 32.2. The molecule has 8 nitrogen and oxygen atoms in total. The van der Waals surface area contributed by atoms with Crippen molar-refractivity contribution in [3.63, 3.8) is 0 Å². The van der Waals surface area contributed by atoms with Crippen molar-refractivity contribution in [2.24, 2.45) is 0 Å². The van der Waals surface area contributed by atoms with Crippen molar-refractivity contribution < 1.29 is 8.42 Å². The van der Waals surface area contributed by atoms with E-state index in [9.17, 15) is 8.42 Å². The number of hydrogen-bond acceptors (Lipinski definition) is 7. The zero-order chi connectivity index (χ0) is 12.9. The van der Waals surface area contributed by atoms with Gasteiger partial charge in [-0.2, -0.15) is 9.97 Å². The summed E-state index contributed by atoms with van der Waals surface area (Å²) in [6, 6.07) is 1.68. The normalized spacial score (nSPS) is 11.2. The SMILES string of the molecule is CNc1cc(NCCNS(C)(=O)=O)nc(N)n1. The molecule has 0 fully saturated rings. The topological polar surface area (TPSA) is 122 Å². The van der Waals surface area contributed by atoms with Gasteiger partial charge in [-0.1, -0.05) is 0 Å². The number of anilines is 3. The molecule has 0 saturated heterocycles. The quantitative estimate of drug-likeness (QED) is 0.487. The third-order valence-corrected chi connectivity index (χ3v) is 2.52. The van der Waals surface area contributed by atoms with Crippen molar-refractivity contribution in [2.75, 3.05) is 42.8 Å². The molecule has 0 spiro atoms. The van der Waals surface area contributed by atoms with Crippen molar-refractivity contribution in [1.29, 1.82) is 0 Å². The molecular weight excluding hydrogens is 244 g/mol. The molecule has 0 aliphatic heterocycles. The number of hydrogen-bond donors (Lipinski definition) is 4. The molecule has 0 saturated carbocycles. The molecule has 0 radical (unpaired) electrons. The molecule has 9 heteroatoms. The van der Waals surface area contributed by atoms with E-state index in [2.05, 4.69) is 25.3 Å². The lowest BCUT2D eigenvalue weighted by Gasteiger charge is -2.08. The Morgan fingerprint density at radius 1 is 1.29 bits per heavy atom. The second-order valence-corrected chi connectivity index (χ2v) is 5.17. The van der Waals surface area contributed by atoms with E-state index in [1.165, 1.54) is 0 Å². The Bertz CT molecular complexity index is 475. The van der Waals surface area contributed by atoms with Crippen molar-refractivity contribution in [2.45, 2.75) is 0 Å². The maximum atomic E-state index is 10.8. The van der Waals surface area contributed by atoms with Gasteiger partial charge in [-0.3, -0.25) is 0 Å². The minimum absolute atomic E-state index is 0.149. The van der Waals surface area contributed by atoms with Crippen LogP contribution in [-0.4, -0.2) is 44.8 Å². The predicted octanol–water partition coefficient (Wildman–Crippen LogP) is -0.938. The molecule has 0 atom stereocenters. The fraction of sp³-hybridized carbons (Fsp3) is 0.500. The first-order valence-corrected chi connectivity index (χ1v) is 6.80. The summed E-state index contributed by atoms with van der Waals surface area (Å²) >= 11 is 0. The fourth-order valence-corrected chi connectivity index (χ4v) is 1.58. The van der Waals surface area contributed by atoms with Gasteiger partial charge in [0.2, 0.25) is 16.0 Å². The van der Waals surface area contributed by atoms with Crippen LogP contribution >= 0.6 is 0 Å². The van der Waals surface area contributed by atoms with Crippen molar-refractivity contribution >= 4 is 27.6 Å². The summed E-state index contributed by atoms with van der Waals surface area (Å²) in [6.45, 7) is 0.685. The first-order valence-electron chi connectivity index (χ1n) is 4.91. The average Bonchev–Trinajstić information content (AvgIpc) is 2.22. The minimum Gasteiger partial charge on any atom is -0.373 e. The van der Waals surface area contributed by atoms with Gasteiger partial charge in [-0.05, 0) is 0 Å². The molecule has 1 aromatic heterocycles. The van der Waals surface area contributed by atoms with Crippen LogP contribution in [0.3, 0.4) is 0 Å². The standard InChI is InChI=1S/C8H16N6O2S/c1-10-6-5-7(14-8(9)13-6)11-3-4-12-17(2,15)16/h5,12H,3-4H2,1-2H3,(H4,9,10,11,13,14). The number of nitrogens with zero attached hydrogens (tertiary/aromatic N) is 2. The van der Waals surface area contributed by atoms with Gasteiger partial charge in [0.25, 0.3) is 0 Å². The largest absolute Gasteiger partial charge is 0.373 e. The Balaban J connectivity index is 2.49. The monoisotopic (exact) mass is 260 g/mol. The molecule has 0 amide bonds. The third kappa shape index (κ3) is 5.31. The number of sulfonamides is 1. The van der Waals surface area contributed by atoms with E-state index < -0.39 is 10.0 Å². The highest BCUT2D eigenvalue weighted by Crippen LogP contribution is 2.10. The van der Waals surface area contributed by atoms with Gasteiger partial charge in [-0.15, -0.1) is 0 Å². The lowest BCUT2D eigenvalue weighted by molar-refractivity contribution is 0.589. The van der Waals surface area contributed by atoms with Crippen molar-refractivity contribution in [1.82, 2.24) is 14.7 Å². The van der Waals surface area contributed by atoms with Gasteiger partial charge < -0.3 is 16.4 Å². The Morgan fingerprint density at radius 3 is 2.53 bits per heavy atom. The minimum atomic E-state index is -3.16. The van der Waals surface area contributed by atoms with Gasteiger partial charge in [0, 0.05) is 26.2 Å². The summed E-state index contributed by atoms with van der Waals surface area (Å²) in [5, 5.41) is 5.77. The van der Waals surface area contributed by atoms with Crippen LogP contribution in [0.1, 0.15) is 0 Å². The number of aromatic nitrogens is 2. The van der Waals surface area contributed by atoms with Crippen LogP contribution in [0.2, 0.25) is 0 Å². The first-order chi connectivity index (χ1) is 7.90. The van der Waals surface area contributed by atoms with Crippen LogP contribution in [0, 0.1) is 0 Å². The van der Waals surface area contributed by atoms with Crippen LogP contribution in [0.25, 0.3) is 0 Å². The average molecular weight is 260 g/mol. The fourth-order valence-electron chi connectivity index (χ4n) is 1.11. The Labute approximate surface area is 100 Å². The number of nitrogen functional groups attached to an aromatic ring is 1. The summed E-state index contributed by atoms with van der Waals surface area (Å²) in [5.74, 6) is 1.28. The van der Waals surface area contributed by atoms with Crippen molar-refractivity contribution in [3.05, 3.63) is 6.07 Å². The predicted molar refractivity (Wildman–Crippen MR) is 67.3 cm³/mol. The van der Waals surface area contributed by atoms with E-state index in [4.69, 9.17) is 5.73 Å². The number of rotatable bonds is 6. The van der Waals surface area contributed by atoms with Crippen LogP contribution < -0.4 is 21.1 Å². The molecule has 1 aromatic rings. The maximum absolute atomic E-state index is 10.8. The van der Waals surface area contributed by atoms with E-state index in [0.717, 1.165) is 6.26 Å². The zero-order valence-corrected chi connectivity index (χ0v) is 10.5. The molecule has 17 heavy (non-hydrogen) atoms. The van der Waals surface area contributed by atoms with E-state index in [0.29, 0.717) is 18.2 Å². The second-order valence-electron chi connectivity index (χ2n) is 3.34. The molecule has 0 bridgehead atoms. The molecule has 0 aromatic carbocycles. The second kappa shape index (κ2) is 5.64. The van der Waals surface area contributed by atoms with Gasteiger partial charge in [-0.25, -0.2) is 13.1 Å². The zero-order valence-electron chi connectivity index (χ0n) is 9.69. The lowest BCUT2D eigenvalue weighted by atomic mass is 10.5. The summed E-state index contributed by atoms with van der Waals surface area (Å²) < 4.78 is 24.0. The van der Waals surface area contributed by atoms with E-state index >= 15 is 0 Å². The molecule has 0 unspecified atom stereocenters. The summed E-state index contributed by atoms with van der Waals surface area (Å²) in [4.78, 5) is 7.88. The molecule has 1 rings (SSSR count). The molecule has 96 valence electrons. The van der Waals surface area contributed by atoms with Crippen LogP contribution in [-0.2, 0) is 10.0 Å². The van der Waals surface area contributed by atoms with Gasteiger partial charge in [0.1, 0.15) is 11.6 Å². The maximum Gasteiger partial charge on any atom is 0.223 e. The number of nitrogens with one attached hydrogen (secondary N) is 3. The van der Waals surface area contributed by atoms with E-state index in [1.54, 1.807) is 13.1 Å². The van der Waals surface area contributed by atoms with Gasteiger partial charge in [0.15, 0.2) is 0 Å². The Morgan fingerprint density at radius 2 is 1.94 bits per heavy atom. The van der Waals surface area contributed by atoms with Crippen LogP contribution in [0.4, 0.5) is 17.6 Å². The Kier molecular flexibility index (Phi) is 4.46. The summed E-state index contributed by atoms with van der Waals surface area (Å²) in [5.41, 5.74) is 5.49. The highest BCUT2D eigenvalue weighted by Gasteiger charge is 2.02. The van der Waals surface area contributed by atoms with E-state index in [-0.39, 0.29) is 12.5 Å². The van der Waals surface area contributed by atoms with Gasteiger partial charge in [0.05, 0.1) is 6.26 Å². The molecule has 0 aliphatic carbocycles. The third-order valence-electron chi connectivity index (χ3n) is 1.79. The number of nitrogens with two attached hydrogens (primary N) is 1. The summed E-state index contributed by atoms with van der Waals surface area (Å²) in [6.07, 6.45) is 1.11. The van der Waals surface area contributed by atoms with E-state index in [1.807, 2.05) is 0 Å². The Hall–Kier alpha value is -1.61. The molecule has 1 heterocycles. The lowest BCUT2D eigenvalue weighted by Crippen LogP contribution is -2.27. The smallest absolute Gasteiger partial charge is 0.223 e.